The second kappa shape index (κ2) is 17.8. The number of carbonyl (C=O) groups is 3. The molecular formula is C25H35N5O9S. The predicted molar refractivity (Wildman–Crippen MR) is 142 cm³/mol. The average molecular weight is 582 g/mol. The van der Waals surface area contributed by atoms with E-state index in [1.54, 1.807) is 18.2 Å². The summed E-state index contributed by atoms with van der Waals surface area (Å²) in [4.78, 5) is 41.3. The highest BCUT2D eigenvalue weighted by atomic mass is 32.2. The number of carbonyl (C=O) groups excluding carboxylic acids is 3. The van der Waals surface area contributed by atoms with Crippen molar-refractivity contribution in [2.24, 2.45) is 5.11 Å². The zero-order chi connectivity index (χ0) is 28.6. The summed E-state index contributed by atoms with van der Waals surface area (Å²) in [6, 6.07) is 4.37. The number of imide groups is 1. The van der Waals surface area contributed by atoms with Gasteiger partial charge in [-0.25, -0.2) is 0 Å². The lowest BCUT2D eigenvalue weighted by Gasteiger charge is -2.29. The van der Waals surface area contributed by atoms with E-state index in [-0.39, 0.29) is 43.6 Å². The molecule has 1 saturated heterocycles. The topological polar surface area (TPSA) is 184 Å². The van der Waals surface area contributed by atoms with Gasteiger partial charge in [0, 0.05) is 29.0 Å². The minimum atomic E-state index is -1.39. The number of rotatable bonds is 20. The Morgan fingerprint density at radius 3 is 2.15 bits per heavy atom. The highest BCUT2D eigenvalue weighted by Crippen LogP contribution is 2.32. The fourth-order valence-corrected chi connectivity index (χ4v) is 5.32. The summed E-state index contributed by atoms with van der Waals surface area (Å²) < 4.78 is 39.9. The largest absolute Gasteiger partial charge is 0.611 e. The smallest absolute Gasteiger partial charge is 0.255 e. The molecule has 3 amide bonds. The van der Waals surface area contributed by atoms with E-state index in [1.165, 1.54) is 4.90 Å². The second-order valence-electron chi connectivity index (χ2n) is 8.75. The van der Waals surface area contributed by atoms with Gasteiger partial charge in [-0.05, 0) is 35.3 Å². The van der Waals surface area contributed by atoms with Gasteiger partial charge < -0.3 is 33.1 Å². The van der Waals surface area contributed by atoms with E-state index in [0.717, 1.165) is 0 Å². The van der Waals surface area contributed by atoms with Crippen LogP contribution in [-0.2, 0) is 51.0 Å². The molecule has 2 aliphatic rings. The maximum atomic E-state index is 13.0. The number of piperidine rings is 1. The SMILES string of the molecule is [N-]=[N+]=NCCOCCOCCOCCOCCOCC[S+]([O-])c1cccc2c1CN(C1CCC(=O)NC1=O)C2=O. The number of hydrogen-bond acceptors (Lipinski definition) is 10. The summed E-state index contributed by atoms with van der Waals surface area (Å²) in [6.45, 7) is 4.38. The Kier molecular flexibility index (Phi) is 14.2. The standard InChI is InChI=1S/C25H35N5O9S/c26-29-27-6-7-35-8-9-36-10-11-37-12-13-38-14-15-39-16-17-40(34)22-3-1-2-19-20(22)18-30(25(19)33)21-4-5-23(31)28-24(21)32/h1-3,21H,4-18H2,(H,28,31,32). The van der Waals surface area contributed by atoms with E-state index in [0.29, 0.717) is 82.0 Å². The van der Waals surface area contributed by atoms with Gasteiger partial charge in [0.2, 0.25) is 11.8 Å². The van der Waals surface area contributed by atoms with Gasteiger partial charge in [-0.2, -0.15) is 0 Å². The van der Waals surface area contributed by atoms with Gasteiger partial charge in [0.25, 0.3) is 5.91 Å². The predicted octanol–water partition coefficient (Wildman–Crippen LogP) is 0.949. The summed E-state index contributed by atoms with van der Waals surface area (Å²) in [5, 5.41) is 5.64. The van der Waals surface area contributed by atoms with Gasteiger partial charge >= 0.3 is 0 Å². The molecule has 1 fully saturated rings. The molecular weight excluding hydrogens is 546 g/mol. The number of nitrogens with one attached hydrogen (secondary N) is 1. The Balaban J connectivity index is 1.22. The molecule has 2 atom stereocenters. The van der Waals surface area contributed by atoms with Gasteiger partial charge in [0.05, 0.1) is 72.6 Å². The zero-order valence-electron chi connectivity index (χ0n) is 22.3. The number of nitrogens with zero attached hydrogens (tertiary/aromatic N) is 4. The van der Waals surface area contributed by atoms with Crippen LogP contribution in [0, 0.1) is 0 Å². The minimum Gasteiger partial charge on any atom is -0.611 e. The van der Waals surface area contributed by atoms with Crippen molar-refractivity contribution in [3.8, 4) is 0 Å². The molecule has 1 aromatic carbocycles. The Labute approximate surface area is 235 Å². The number of fused-ring (bicyclic) bond motifs is 1. The molecule has 1 N–H and O–H groups in total. The molecule has 1 aromatic rings. The van der Waals surface area contributed by atoms with Gasteiger partial charge in [-0.1, -0.05) is 11.2 Å². The number of ether oxygens (including phenoxy) is 5. The highest BCUT2D eigenvalue weighted by Gasteiger charge is 2.41. The van der Waals surface area contributed by atoms with Crippen LogP contribution in [-0.4, -0.2) is 112 Å². The van der Waals surface area contributed by atoms with Gasteiger partial charge in [0.15, 0.2) is 4.90 Å². The molecule has 3 rings (SSSR count). The fourth-order valence-electron chi connectivity index (χ4n) is 4.15. The van der Waals surface area contributed by atoms with E-state index in [2.05, 4.69) is 15.3 Å². The summed E-state index contributed by atoms with van der Waals surface area (Å²) in [7, 11) is 0. The molecule has 220 valence electrons. The quantitative estimate of drug-likeness (QED) is 0.0584. The highest BCUT2D eigenvalue weighted by molar-refractivity contribution is 7.91. The van der Waals surface area contributed by atoms with Crippen LogP contribution in [0.2, 0.25) is 0 Å². The first-order chi connectivity index (χ1) is 19.5. The molecule has 0 aromatic heterocycles. The lowest BCUT2D eigenvalue weighted by atomic mass is 10.0. The van der Waals surface area contributed by atoms with E-state index in [1.807, 2.05) is 0 Å². The van der Waals surface area contributed by atoms with Crippen LogP contribution in [0.3, 0.4) is 0 Å². The lowest BCUT2D eigenvalue weighted by Crippen LogP contribution is -2.52. The van der Waals surface area contributed by atoms with Crippen molar-refractivity contribution in [3.05, 3.63) is 39.8 Å². The summed E-state index contributed by atoms with van der Waals surface area (Å²) in [5.74, 6) is -0.856. The zero-order valence-corrected chi connectivity index (χ0v) is 23.1. The molecule has 0 saturated carbocycles. The number of hydrogen-bond donors (Lipinski definition) is 1. The van der Waals surface area contributed by atoms with Crippen molar-refractivity contribution in [1.29, 1.82) is 0 Å². The molecule has 0 radical (unpaired) electrons. The van der Waals surface area contributed by atoms with E-state index < -0.39 is 23.1 Å². The molecule has 0 aliphatic carbocycles. The molecule has 40 heavy (non-hydrogen) atoms. The van der Waals surface area contributed by atoms with Gasteiger partial charge in [-0.15, -0.1) is 0 Å². The van der Waals surface area contributed by atoms with Crippen LogP contribution >= 0.6 is 0 Å². The molecule has 0 bridgehead atoms. The number of amides is 3. The number of benzene rings is 1. The first-order valence-corrected chi connectivity index (χ1v) is 14.4. The van der Waals surface area contributed by atoms with Crippen LogP contribution in [0.25, 0.3) is 10.4 Å². The van der Waals surface area contributed by atoms with Crippen molar-refractivity contribution in [1.82, 2.24) is 10.2 Å². The van der Waals surface area contributed by atoms with Crippen molar-refractivity contribution < 1.29 is 42.6 Å². The Hall–Kier alpha value is -2.75. The van der Waals surface area contributed by atoms with Crippen molar-refractivity contribution in [3.63, 3.8) is 0 Å². The Morgan fingerprint density at radius 2 is 1.55 bits per heavy atom. The molecule has 2 unspecified atom stereocenters. The van der Waals surface area contributed by atoms with E-state index >= 15 is 0 Å². The van der Waals surface area contributed by atoms with Crippen molar-refractivity contribution >= 4 is 28.9 Å². The Morgan fingerprint density at radius 1 is 0.950 bits per heavy atom. The van der Waals surface area contributed by atoms with Crippen molar-refractivity contribution in [2.75, 3.05) is 78.4 Å². The van der Waals surface area contributed by atoms with Crippen LogP contribution < -0.4 is 5.32 Å². The van der Waals surface area contributed by atoms with Crippen LogP contribution in [0.1, 0.15) is 28.8 Å². The molecule has 14 nitrogen and oxygen atoms in total. The van der Waals surface area contributed by atoms with Gasteiger partial charge in [-0.3, -0.25) is 19.7 Å². The Bertz CT molecular complexity index is 1040. The maximum absolute atomic E-state index is 13.0. The molecule has 0 spiro atoms. The first kappa shape index (κ1) is 31.8. The molecule has 2 heterocycles. The third-order valence-corrected chi connectivity index (χ3v) is 7.49. The van der Waals surface area contributed by atoms with Crippen molar-refractivity contribution in [2.45, 2.75) is 30.3 Å². The third kappa shape index (κ3) is 10.0. The van der Waals surface area contributed by atoms with E-state index in [4.69, 9.17) is 29.2 Å². The van der Waals surface area contributed by atoms with E-state index in [9.17, 15) is 18.9 Å². The van der Waals surface area contributed by atoms with Crippen LogP contribution in [0.4, 0.5) is 0 Å². The maximum Gasteiger partial charge on any atom is 0.255 e. The average Bonchev–Trinajstić information content (AvgIpc) is 3.28. The minimum absolute atomic E-state index is 0.179. The monoisotopic (exact) mass is 581 g/mol. The number of azide groups is 1. The normalized spacial score (nSPS) is 17.5. The lowest BCUT2D eigenvalue weighted by molar-refractivity contribution is -0.136. The van der Waals surface area contributed by atoms with Crippen LogP contribution in [0.5, 0.6) is 0 Å². The third-order valence-electron chi connectivity index (χ3n) is 6.08. The van der Waals surface area contributed by atoms with Gasteiger partial charge in [0.1, 0.15) is 11.8 Å². The summed E-state index contributed by atoms with van der Waals surface area (Å²) in [5.41, 5.74) is 9.23. The molecule has 15 heteroatoms. The summed E-state index contributed by atoms with van der Waals surface area (Å²) in [6.07, 6.45) is 0.455. The summed E-state index contributed by atoms with van der Waals surface area (Å²) >= 11 is -1.39. The second-order valence-corrected chi connectivity index (χ2v) is 10.3. The fraction of sp³-hybridized carbons (Fsp3) is 0.640. The van der Waals surface area contributed by atoms with Crippen LogP contribution in [0.15, 0.2) is 28.2 Å². The molecule has 2 aliphatic heterocycles. The first-order valence-electron chi connectivity index (χ1n) is 13.1.